The third kappa shape index (κ3) is 4.36. The summed E-state index contributed by atoms with van der Waals surface area (Å²) in [7, 11) is 0. The molecule has 0 aliphatic heterocycles. The Morgan fingerprint density at radius 1 is 1.27 bits per heavy atom. The molecule has 0 atom stereocenters. The summed E-state index contributed by atoms with van der Waals surface area (Å²) in [5.41, 5.74) is 1.87. The highest BCUT2D eigenvalue weighted by molar-refractivity contribution is 7.99. The summed E-state index contributed by atoms with van der Waals surface area (Å²) in [5, 5.41) is 19.1. The van der Waals surface area contributed by atoms with Crippen LogP contribution in [0.4, 0.5) is 0 Å². The molecule has 0 radical (unpaired) electrons. The van der Waals surface area contributed by atoms with Crippen LogP contribution in [-0.4, -0.2) is 52.9 Å². The Morgan fingerprint density at radius 3 is 2.90 bits per heavy atom. The lowest BCUT2D eigenvalue weighted by molar-refractivity contribution is -0.129. The first kappa shape index (κ1) is 20.5. The smallest absolute Gasteiger partial charge is 0.257 e. The fourth-order valence-electron chi connectivity index (χ4n) is 3.05. The van der Waals surface area contributed by atoms with Gasteiger partial charge in [-0.1, -0.05) is 24.8 Å². The standard InChI is InChI=1S/C19H21N7O2S2/c1-4-7-25(10-15-21-22-17(28-15)14-6-5-8-29-14)16(27)11-30-19-24-23-18-20-12(2)9-13(3)26(18)19/h5-6,8-9H,4,7,10-11H2,1-3H3. The minimum atomic E-state index is -0.0211. The second kappa shape index (κ2) is 8.92. The van der Waals surface area contributed by atoms with E-state index in [4.69, 9.17) is 4.42 Å². The number of thioether (sulfide) groups is 1. The molecule has 0 spiro atoms. The predicted molar refractivity (Wildman–Crippen MR) is 114 cm³/mol. The maximum Gasteiger partial charge on any atom is 0.257 e. The Kier molecular flexibility index (Phi) is 6.09. The summed E-state index contributed by atoms with van der Waals surface area (Å²) in [6.07, 6.45) is 0.832. The van der Waals surface area contributed by atoms with E-state index in [2.05, 4.69) is 25.4 Å². The Bertz CT molecular complexity index is 1150. The van der Waals surface area contributed by atoms with Gasteiger partial charge in [0.25, 0.3) is 11.7 Å². The van der Waals surface area contributed by atoms with Gasteiger partial charge in [-0.3, -0.25) is 9.20 Å². The van der Waals surface area contributed by atoms with Gasteiger partial charge < -0.3 is 9.32 Å². The van der Waals surface area contributed by atoms with Gasteiger partial charge in [0, 0.05) is 17.9 Å². The van der Waals surface area contributed by atoms with Crippen LogP contribution in [0, 0.1) is 13.8 Å². The molecule has 30 heavy (non-hydrogen) atoms. The van der Waals surface area contributed by atoms with E-state index in [1.54, 1.807) is 4.90 Å². The number of fused-ring (bicyclic) bond motifs is 1. The van der Waals surface area contributed by atoms with Crippen LogP contribution in [0.1, 0.15) is 30.6 Å². The summed E-state index contributed by atoms with van der Waals surface area (Å²) in [4.78, 5) is 19.9. The van der Waals surface area contributed by atoms with Gasteiger partial charge in [0.05, 0.1) is 17.2 Å². The molecular formula is C19H21N7O2S2. The second-order valence-electron chi connectivity index (χ2n) is 6.74. The van der Waals surface area contributed by atoms with Gasteiger partial charge >= 0.3 is 0 Å². The van der Waals surface area contributed by atoms with Gasteiger partial charge in [-0.15, -0.1) is 31.7 Å². The summed E-state index contributed by atoms with van der Waals surface area (Å²) in [5.74, 6) is 1.66. The van der Waals surface area contributed by atoms with Crippen LogP contribution in [0.25, 0.3) is 16.5 Å². The van der Waals surface area contributed by atoms with Crippen molar-refractivity contribution in [3.8, 4) is 10.8 Å². The highest BCUT2D eigenvalue weighted by atomic mass is 32.2. The topological polar surface area (TPSA) is 102 Å². The Labute approximate surface area is 181 Å². The van der Waals surface area contributed by atoms with Gasteiger partial charge in [0.1, 0.15) is 0 Å². The van der Waals surface area contributed by atoms with Crippen molar-refractivity contribution < 1.29 is 9.21 Å². The molecule has 0 aliphatic rings. The lowest BCUT2D eigenvalue weighted by Crippen LogP contribution is -2.32. The van der Waals surface area contributed by atoms with Crippen LogP contribution < -0.4 is 0 Å². The SMILES string of the molecule is CCCN(Cc1nnc(-c2cccs2)o1)C(=O)CSc1nnc2nc(C)cc(C)n12. The fraction of sp³-hybridized carbons (Fsp3) is 0.368. The zero-order valence-corrected chi connectivity index (χ0v) is 18.5. The van der Waals surface area contributed by atoms with E-state index in [-0.39, 0.29) is 18.2 Å². The van der Waals surface area contributed by atoms with Gasteiger partial charge in [0.2, 0.25) is 11.8 Å². The summed E-state index contributed by atoms with van der Waals surface area (Å²) in [6.45, 7) is 6.81. The Morgan fingerprint density at radius 2 is 2.13 bits per heavy atom. The van der Waals surface area contributed by atoms with E-state index in [9.17, 15) is 4.79 Å². The fourth-order valence-corrected chi connectivity index (χ4v) is 4.59. The molecule has 0 fully saturated rings. The van der Waals surface area contributed by atoms with Crippen LogP contribution in [0.2, 0.25) is 0 Å². The molecule has 11 heteroatoms. The number of aryl methyl sites for hydroxylation is 2. The van der Waals surface area contributed by atoms with Crippen LogP contribution in [0.3, 0.4) is 0 Å². The highest BCUT2D eigenvalue weighted by Gasteiger charge is 2.19. The molecule has 0 aromatic carbocycles. The third-order valence-electron chi connectivity index (χ3n) is 4.36. The third-order valence-corrected chi connectivity index (χ3v) is 6.13. The van der Waals surface area contributed by atoms with Crippen molar-refractivity contribution in [3.63, 3.8) is 0 Å². The molecule has 156 valence electrons. The summed E-state index contributed by atoms with van der Waals surface area (Å²) >= 11 is 2.88. The van der Waals surface area contributed by atoms with E-state index in [0.717, 1.165) is 22.7 Å². The molecule has 0 aliphatic carbocycles. The van der Waals surface area contributed by atoms with Crippen LogP contribution in [0.15, 0.2) is 33.2 Å². The molecule has 0 bridgehead atoms. The molecule has 1 amide bonds. The largest absolute Gasteiger partial charge is 0.418 e. The predicted octanol–water partition coefficient (Wildman–Crippen LogP) is 3.38. The molecule has 4 aromatic rings. The van der Waals surface area contributed by atoms with Crippen LogP contribution in [-0.2, 0) is 11.3 Å². The lowest BCUT2D eigenvalue weighted by atomic mass is 10.3. The number of thiophene rings is 1. The zero-order valence-electron chi connectivity index (χ0n) is 16.9. The first-order valence-electron chi connectivity index (χ1n) is 9.51. The van der Waals surface area contributed by atoms with Crippen molar-refractivity contribution in [1.82, 2.24) is 34.7 Å². The molecule has 0 N–H and O–H groups in total. The minimum Gasteiger partial charge on any atom is -0.418 e. The lowest BCUT2D eigenvalue weighted by Gasteiger charge is -2.19. The van der Waals surface area contributed by atoms with Crippen molar-refractivity contribution in [2.24, 2.45) is 0 Å². The molecule has 4 heterocycles. The number of carbonyl (C=O) groups is 1. The number of aromatic nitrogens is 6. The van der Waals surface area contributed by atoms with Crippen LogP contribution >= 0.6 is 23.1 Å². The van der Waals surface area contributed by atoms with E-state index in [1.807, 2.05) is 48.8 Å². The van der Waals surface area contributed by atoms with Gasteiger partial charge in [-0.25, -0.2) is 4.98 Å². The van der Waals surface area contributed by atoms with Crippen molar-refractivity contribution in [2.45, 2.75) is 38.9 Å². The van der Waals surface area contributed by atoms with E-state index < -0.39 is 0 Å². The van der Waals surface area contributed by atoms with Crippen molar-refractivity contribution >= 4 is 34.8 Å². The number of hydrogen-bond acceptors (Lipinski definition) is 9. The average Bonchev–Trinajstić information content (AvgIpc) is 3.46. The molecule has 9 nitrogen and oxygen atoms in total. The van der Waals surface area contributed by atoms with Crippen LogP contribution in [0.5, 0.6) is 0 Å². The molecule has 4 aromatic heterocycles. The van der Waals surface area contributed by atoms with Crippen molar-refractivity contribution in [1.29, 1.82) is 0 Å². The highest BCUT2D eigenvalue weighted by Crippen LogP contribution is 2.24. The summed E-state index contributed by atoms with van der Waals surface area (Å²) < 4.78 is 7.60. The molecule has 4 rings (SSSR count). The summed E-state index contributed by atoms with van der Waals surface area (Å²) in [6, 6.07) is 5.82. The Balaban J connectivity index is 1.44. The molecule has 0 saturated heterocycles. The quantitative estimate of drug-likeness (QED) is 0.382. The number of hydrogen-bond donors (Lipinski definition) is 0. The van der Waals surface area contributed by atoms with Crippen molar-refractivity contribution in [2.75, 3.05) is 12.3 Å². The number of nitrogens with zero attached hydrogens (tertiary/aromatic N) is 7. The zero-order chi connectivity index (χ0) is 21.1. The van der Waals surface area contributed by atoms with Gasteiger partial charge in [0.15, 0.2) is 5.16 Å². The minimum absolute atomic E-state index is 0.0211. The van der Waals surface area contributed by atoms with E-state index in [0.29, 0.717) is 29.3 Å². The number of amides is 1. The first-order chi connectivity index (χ1) is 14.5. The Hall–Kier alpha value is -2.79. The molecule has 0 saturated carbocycles. The number of rotatable bonds is 8. The maximum absolute atomic E-state index is 12.9. The average molecular weight is 444 g/mol. The van der Waals surface area contributed by atoms with E-state index >= 15 is 0 Å². The molecular weight excluding hydrogens is 422 g/mol. The first-order valence-corrected chi connectivity index (χ1v) is 11.4. The van der Waals surface area contributed by atoms with Gasteiger partial charge in [-0.05, 0) is 37.8 Å². The number of carbonyl (C=O) groups excluding carboxylic acids is 1. The normalized spacial score (nSPS) is 11.3. The monoisotopic (exact) mass is 443 g/mol. The molecule has 0 unspecified atom stereocenters. The second-order valence-corrected chi connectivity index (χ2v) is 8.63. The maximum atomic E-state index is 12.9. The van der Waals surface area contributed by atoms with E-state index in [1.165, 1.54) is 23.1 Å². The van der Waals surface area contributed by atoms with Gasteiger partial charge in [-0.2, -0.15) is 0 Å². The van der Waals surface area contributed by atoms with Crippen molar-refractivity contribution in [3.05, 3.63) is 40.9 Å².